The van der Waals surface area contributed by atoms with E-state index in [9.17, 15) is 4.79 Å². The highest BCUT2D eigenvalue weighted by molar-refractivity contribution is 6.62. The summed E-state index contributed by atoms with van der Waals surface area (Å²) in [4.78, 5) is 14.6. The van der Waals surface area contributed by atoms with Crippen LogP contribution in [0.25, 0.3) is 0 Å². The maximum atomic E-state index is 12.7. The smallest absolute Gasteiger partial charge is 0.495 e. The van der Waals surface area contributed by atoms with E-state index in [4.69, 9.17) is 18.8 Å². The average molecular weight is 361 g/mol. The molecule has 0 aliphatic carbocycles. The van der Waals surface area contributed by atoms with Crippen molar-refractivity contribution in [2.45, 2.75) is 45.3 Å². The van der Waals surface area contributed by atoms with E-state index in [2.05, 4.69) is 0 Å². The third kappa shape index (κ3) is 3.75. The number of carbonyl (C=O) groups is 1. The van der Waals surface area contributed by atoms with Crippen LogP contribution in [0.1, 0.15) is 33.3 Å². The third-order valence-electron chi connectivity index (χ3n) is 5.56. The lowest BCUT2D eigenvalue weighted by atomic mass is 9.75. The zero-order valence-corrected chi connectivity index (χ0v) is 16.3. The van der Waals surface area contributed by atoms with Gasteiger partial charge in [0.05, 0.1) is 37.9 Å². The highest BCUT2D eigenvalue weighted by Gasteiger charge is 2.52. The highest BCUT2D eigenvalue weighted by atomic mass is 16.7. The number of amides is 1. The molecule has 2 saturated heterocycles. The Labute approximate surface area is 155 Å². The van der Waals surface area contributed by atoms with Crippen LogP contribution in [-0.4, -0.2) is 62.5 Å². The summed E-state index contributed by atoms with van der Waals surface area (Å²) in [6.45, 7) is 10.5. The molecule has 2 fully saturated rings. The van der Waals surface area contributed by atoms with Crippen molar-refractivity contribution in [1.82, 2.24) is 4.90 Å². The summed E-state index contributed by atoms with van der Waals surface area (Å²) in [5.41, 5.74) is 0.900. The SMILES string of the molecule is COc1ccc(B2OC(C)(C)C(C)(C)O2)c(CC(=O)N2CCOCC2)c1. The lowest BCUT2D eigenvalue weighted by Crippen LogP contribution is -2.43. The minimum atomic E-state index is -0.501. The fourth-order valence-corrected chi connectivity index (χ4v) is 3.15. The maximum absolute atomic E-state index is 12.7. The van der Waals surface area contributed by atoms with Gasteiger partial charge in [0, 0.05) is 13.1 Å². The van der Waals surface area contributed by atoms with E-state index in [1.807, 2.05) is 50.8 Å². The van der Waals surface area contributed by atoms with Gasteiger partial charge in [-0.15, -0.1) is 0 Å². The topological polar surface area (TPSA) is 57.2 Å². The molecule has 0 unspecified atom stereocenters. The van der Waals surface area contributed by atoms with Crippen molar-refractivity contribution in [3.8, 4) is 5.75 Å². The lowest BCUT2D eigenvalue weighted by Gasteiger charge is -2.32. The maximum Gasteiger partial charge on any atom is 0.495 e. The van der Waals surface area contributed by atoms with Crippen molar-refractivity contribution in [3.63, 3.8) is 0 Å². The number of carbonyl (C=O) groups excluding carboxylic acids is 1. The van der Waals surface area contributed by atoms with Crippen LogP contribution in [0.15, 0.2) is 18.2 Å². The standard InChI is InChI=1S/C19H28BNO5/c1-18(2)19(3,4)26-20(25-18)16-7-6-15(23-5)12-14(16)13-17(22)21-8-10-24-11-9-21/h6-7,12H,8-11,13H2,1-5H3. The molecule has 0 saturated carbocycles. The Kier molecular flexibility index (Phi) is 5.33. The molecule has 0 spiro atoms. The van der Waals surface area contributed by atoms with Gasteiger partial charge < -0.3 is 23.7 Å². The number of morpholine rings is 1. The molecular weight excluding hydrogens is 333 g/mol. The number of hydrogen-bond acceptors (Lipinski definition) is 5. The quantitative estimate of drug-likeness (QED) is 0.759. The van der Waals surface area contributed by atoms with Crippen molar-refractivity contribution >= 4 is 18.5 Å². The Morgan fingerprint density at radius 3 is 2.35 bits per heavy atom. The Morgan fingerprint density at radius 1 is 1.15 bits per heavy atom. The van der Waals surface area contributed by atoms with Crippen LogP contribution in [0.4, 0.5) is 0 Å². The molecule has 6 nitrogen and oxygen atoms in total. The Hall–Kier alpha value is -1.57. The van der Waals surface area contributed by atoms with Crippen LogP contribution in [0.5, 0.6) is 5.75 Å². The molecule has 0 N–H and O–H groups in total. The number of methoxy groups -OCH3 is 1. The Balaban J connectivity index is 1.85. The number of hydrogen-bond donors (Lipinski definition) is 0. The van der Waals surface area contributed by atoms with Crippen molar-refractivity contribution in [2.24, 2.45) is 0 Å². The average Bonchev–Trinajstić information content (AvgIpc) is 2.83. The molecule has 2 aliphatic rings. The molecule has 0 radical (unpaired) electrons. The molecule has 0 aromatic heterocycles. The number of benzene rings is 1. The van der Waals surface area contributed by atoms with Gasteiger partial charge in [0.15, 0.2) is 0 Å². The molecule has 2 aliphatic heterocycles. The van der Waals surface area contributed by atoms with E-state index < -0.39 is 18.3 Å². The summed E-state index contributed by atoms with van der Waals surface area (Å²) >= 11 is 0. The lowest BCUT2D eigenvalue weighted by molar-refractivity contribution is -0.134. The van der Waals surface area contributed by atoms with E-state index in [-0.39, 0.29) is 12.3 Å². The van der Waals surface area contributed by atoms with Gasteiger partial charge in [0.1, 0.15) is 5.75 Å². The second-order valence-corrected chi connectivity index (χ2v) is 7.82. The molecule has 1 aromatic carbocycles. The summed E-state index contributed by atoms with van der Waals surface area (Å²) < 4.78 is 23.1. The minimum absolute atomic E-state index is 0.0827. The van der Waals surface area contributed by atoms with Crippen LogP contribution in [0, 0.1) is 0 Å². The zero-order valence-electron chi connectivity index (χ0n) is 16.3. The molecule has 1 aromatic rings. The van der Waals surface area contributed by atoms with Gasteiger partial charge in [-0.25, -0.2) is 0 Å². The van der Waals surface area contributed by atoms with Gasteiger partial charge in [0.2, 0.25) is 5.91 Å². The molecular formula is C19H28BNO5. The summed E-state index contributed by atoms with van der Waals surface area (Å²) in [5.74, 6) is 0.800. The van der Waals surface area contributed by atoms with Crippen molar-refractivity contribution in [2.75, 3.05) is 33.4 Å². The van der Waals surface area contributed by atoms with Crippen molar-refractivity contribution < 1.29 is 23.6 Å². The van der Waals surface area contributed by atoms with Crippen molar-refractivity contribution in [3.05, 3.63) is 23.8 Å². The normalized spacial score (nSPS) is 21.7. The van der Waals surface area contributed by atoms with Gasteiger partial charge in [-0.05, 0) is 50.9 Å². The van der Waals surface area contributed by atoms with Crippen molar-refractivity contribution in [1.29, 1.82) is 0 Å². The van der Waals surface area contributed by atoms with Gasteiger partial charge in [-0.2, -0.15) is 0 Å². The molecule has 0 bridgehead atoms. The Bertz CT molecular complexity index is 654. The van der Waals surface area contributed by atoms with E-state index in [0.717, 1.165) is 16.8 Å². The first-order valence-corrected chi connectivity index (χ1v) is 9.11. The molecule has 142 valence electrons. The van der Waals surface area contributed by atoms with Crippen LogP contribution >= 0.6 is 0 Å². The number of nitrogens with zero attached hydrogens (tertiary/aromatic N) is 1. The van der Waals surface area contributed by atoms with E-state index in [0.29, 0.717) is 26.3 Å². The second-order valence-electron chi connectivity index (χ2n) is 7.82. The Morgan fingerprint density at radius 2 is 1.77 bits per heavy atom. The van der Waals surface area contributed by atoms with Crippen LogP contribution in [-0.2, 0) is 25.3 Å². The van der Waals surface area contributed by atoms with Gasteiger partial charge in [-0.3, -0.25) is 4.79 Å². The fourth-order valence-electron chi connectivity index (χ4n) is 3.15. The number of ether oxygens (including phenoxy) is 2. The van der Waals surface area contributed by atoms with E-state index in [1.54, 1.807) is 7.11 Å². The second kappa shape index (κ2) is 7.21. The molecule has 0 atom stereocenters. The first-order valence-electron chi connectivity index (χ1n) is 9.11. The minimum Gasteiger partial charge on any atom is -0.497 e. The van der Waals surface area contributed by atoms with E-state index in [1.165, 1.54) is 0 Å². The summed E-state index contributed by atoms with van der Waals surface area (Å²) in [6, 6.07) is 5.71. The van der Waals surface area contributed by atoms with Gasteiger partial charge in [-0.1, -0.05) is 6.07 Å². The largest absolute Gasteiger partial charge is 0.497 e. The first-order chi connectivity index (χ1) is 12.2. The highest BCUT2D eigenvalue weighted by Crippen LogP contribution is 2.37. The third-order valence-corrected chi connectivity index (χ3v) is 5.56. The van der Waals surface area contributed by atoms with Gasteiger partial charge >= 0.3 is 7.12 Å². The molecule has 7 heteroatoms. The van der Waals surface area contributed by atoms with Gasteiger partial charge in [0.25, 0.3) is 0 Å². The summed E-state index contributed by atoms with van der Waals surface area (Å²) in [6.07, 6.45) is 0.288. The molecule has 26 heavy (non-hydrogen) atoms. The summed E-state index contributed by atoms with van der Waals surface area (Å²) in [7, 11) is 1.12. The monoisotopic (exact) mass is 361 g/mol. The van der Waals surface area contributed by atoms with Crippen LogP contribution in [0.3, 0.4) is 0 Å². The fraction of sp³-hybridized carbons (Fsp3) is 0.632. The van der Waals surface area contributed by atoms with Crippen LogP contribution < -0.4 is 10.2 Å². The van der Waals surface area contributed by atoms with Crippen LogP contribution in [0.2, 0.25) is 0 Å². The molecule has 2 heterocycles. The number of rotatable bonds is 4. The zero-order chi connectivity index (χ0) is 18.9. The summed E-state index contributed by atoms with van der Waals surface area (Å²) in [5, 5.41) is 0. The molecule has 3 rings (SSSR count). The first kappa shape index (κ1) is 19.2. The van der Waals surface area contributed by atoms with E-state index >= 15 is 0 Å². The predicted molar refractivity (Wildman–Crippen MR) is 99.8 cm³/mol. The molecule has 1 amide bonds. The predicted octanol–water partition coefficient (Wildman–Crippen LogP) is 1.40.